The van der Waals surface area contributed by atoms with Crippen LogP contribution in [0.1, 0.15) is 5.56 Å². The average Bonchev–Trinajstić information content (AvgIpc) is 3.17. The van der Waals surface area contributed by atoms with Gasteiger partial charge in [0.25, 0.3) is 5.22 Å². The summed E-state index contributed by atoms with van der Waals surface area (Å²) in [5.41, 5.74) is 1.07. The molecule has 3 rings (SSSR count). The third-order valence-corrected chi connectivity index (χ3v) is 5.08. The van der Waals surface area contributed by atoms with Crippen molar-refractivity contribution in [1.29, 1.82) is 0 Å². The van der Waals surface area contributed by atoms with Gasteiger partial charge < -0.3 is 19.0 Å². The summed E-state index contributed by atoms with van der Waals surface area (Å²) in [6.45, 7) is 0. The zero-order chi connectivity index (χ0) is 21.0. The first-order valence-electron chi connectivity index (χ1n) is 8.04. The minimum Gasteiger partial charge on any atom is -0.497 e. The second-order valence-electron chi connectivity index (χ2n) is 5.56. The lowest BCUT2D eigenvalue weighted by atomic mass is 10.2. The van der Waals surface area contributed by atoms with E-state index in [2.05, 4.69) is 10.2 Å². The maximum absolute atomic E-state index is 11.6. The van der Waals surface area contributed by atoms with Gasteiger partial charge in [0, 0.05) is 21.7 Å². The number of nitrogens with zero attached hydrogens (tertiary/aromatic N) is 2. The van der Waals surface area contributed by atoms with Crippen molar-refractivity contribution in [3.63, 3.8) is 0 Å². The topological polar surface area (TPSA) is 94.7 Å². The van der Waals surface area contributed by atoms with Gasteiger partial charge in [0.1, 0.15) is 16.4 Å². The Morgan fingerprint density at radius 3 is 2.38 bits per heavy atom. The standard InChI is InChI=1S/C19H14Cl2N2O5S/c1-26-13-5-11(6-14(9-13)27-2)17-22-23-19(28-17)29-16(18(24)25)7-10-3-4-12(20)8-15(10)21/h3-9H,1-2H3,(H,24,25)/b16-7-. The fraction of sp³-hybridized carbons (Fsp3) is 0.105. The van der Waals surface area contributed by atoms with Crippen molar-refractivity contribution >= 4 is 47.0 Å². The van der Waals surface area contributed by atoms with Crippen LogP contribution < -0.4 is 9.47 Å². The first kappa shape index (κ1) is 21.0. The molecule has 1 N–H and O–H groups in total. The van der Waals surface area contributed by atoms with Gasteiger partial charge >= 0.3 is 5.97 Å². The summed E-state index contributed by atoms with van der Waals surface area (Å²) in [6, 6.07) is 9.87. The fourth-order valence-electron chi connectivity index (χ4n) is 2.29. The Morgan fingerprint density at radius 2 is 1.79 bits per heavy atom. The van der Waals surface area contributed by atoms with E-state index in [0.29, 0.717) is 32.7 Å². The van der Waals surface area contributed by atoms with Crippen LogP contribution in [0.5, 0.6) is 11.5 Å². The number of aromatic nitrogens is 2. The highest BCUT2D eigenvalue weighted by molar-refractivity contribution is 8.03. The van der Waals surface area contributed by atoms with E-state index in [1.165, 1.54) is 26.4 Å². The Bertz CT molecular complexity index is 1060. The summed E-state index contributed by atoms with van der Waals surface area (Å²) in [4.78, 5) is 11.6. The van der Waals surface area contributed by atoms with Crippen molar-refractivity contribution in [3.8, 4) is 23.0 Å². The smallest absolute Gasteiger partial charge is 0.342 e. The summed E-state index contributed by atoms with van der Waals surface area (Å²) in [7, 11) is 3.05. The molecule has 0 aliphatic rings. The van der Waals surface area contributed by atoms with Crippen molar-refractivity contribution in [2.24, 2.45) is 0 Å². The molecule has 3 aromatic rings. The zero-order valence-electron chi connectivity index (χ0n) is 15.2. The first-order valence-corrected chi connectivity index (χ1v) is 9.61. The Hall–Kier alpha value is -2.68. The quantitative estimate of drug-likeness (QED) is 0.382. The molecule has 1 heterocycles. The van der Waals surface area contributed by atoms with Crippen molar-refractivity contribution in [3.05, 3.63) is 56.9 Å². The van der Waals surface area contributed by atoms with Crippen LogP contribution in [0.25, 0.3) is 17.5 Å². The summed E-state index contributed by atoms with van der Waals surface area (Å²) < 4.78 is 16.1. The summed E-state index contributed by atoms with van der Waals surface area (Å²) >= 11 is 12.8. The SMILES string of the molecule is COc1cc(OC)cc(-c2nnc(S/C(=C\c3ccc(Cl)cc3Cl)C(=O)O)o2)c1. The summed E-state index contributed by atoms with van der Waals surface area (Å²) in [6.07, 6.45) is 1.41. The predicted octanol–water partition coefficient (Wildman–Crippen LogP) is 5.28. The number of thioether (sulfide) groups is 1. The molecule has 0 radical (unpaired) electrons. The second kappa shape index (κ2) is 9.21. The molecule has 7 nitrogen and oxygen atoms in total. The lowest BCUT2D eigenvalue weighted by Crippen LogP contribution is -1.97. The number of carboxylic acid groups (broad SMARTS) is 1. The van der Waals surface area contributed by atoms with E-state index >= 15 is 0 Å². The van der Waals surface area contributed by atoms with E-state index in [4.69, 9.17) is 37.1 Å². The van der Waals surface area contributed by atoms with Crippen LogP contribution in [0.4, 0.5) is 0 Å². The van der Waals surface area contributed by atoms with Crippen LogP contribution in [-0.2, 0) is 4.79 Å². The normalized spacial score (nSPS) is 11.4. The first-order chi connectivity index (χ1) is 13.9. The number of hydrogen-bond acceptors (Lipinski definition) is 7. The van der Waals surface area contributed by atoms with Gasteiger partial charge in [-0.2, -0.15) is 0 Å². The Kier molecular flexibility index (Phi) is 6.68. The molecule has 1 aromatic heterocycles. The van der Waals surface area contributed by atoms with E-state index in [-0.39, 0.29) is 16.0 Å². The number of aliphatic carboxylic acids is 1. The molecule has 0 amide bonds. The number of methoxy groups -OCH3 is 2. The minimum absolute atomic E-state index is 0.0485. The molecule has 0 spiro atoms. The van der Waals surface area contributed by atoms with Crippen LogP contribution in [0.3, 0.4) is 0 Å². The third-order valence-electron chi connectivity index (χ3n) is 3.66. The van der Waals surface area contributed by atoms with Crippen LogP contribution in [0.15, 0.2) is 50.9 Å². The van der Waals surface area contributed by atoms with Gasteiger partial charge in [-0.05, 0) is 47.7 Å². The zero-order valence-corrected chi connectivity index (χ0v) is 17.5. The number of carboxylic acids is 1. The molecule has 0 aliphatic carbocycles. The van der Waals surface area contributed by atoms with E-state index in [0.717, 1.165) is 11.8 Å². The lowest BCUT2D eigenvalue weighted by Gasteiger charge is -2.05. The number of ether oxygens (including phenoxy) is 2. The van der Waals surface area contributed by atoms with E-state index in [1.54, 1.807) is 30.3 Å². The van der Waals surface area contributed by atoms with Gasteiger partial charge in [0.2, 0.25) is 5.89 Å². The fourth-order valence-corrected chi connectivity index (χ4v) is 3.41. The van der Waals surface area contributed by atoms with Gasteiger partial charge in [0.05, 0.1) is 14.2 Å². The van der Waals surface area contributed by atoms with E-state index < -0.39 is 5.97 Å². The van der Waals surface area contributed by atoms with Crippen LogP contribution in [0, 0.1) is 0 Å². The summed E-state index contributed by atoms with van der Waals surface area (Å²) in [5, 5.41) is 18.2. The molecule has 0 unspecified atom stereocenters. The molecular weight excluding hydrogens is 439 g/mol. The largest absolute Gasteiger partial charge is 0.497 e. The van der Waals surface area contributed by atoms with E-state index in [1.807, 2.05) is 0 Å². The maximum Gasteiger partial charge on any atom is 0.342 e. The number of halogens is 2. The molecule has 0 fully saturated rings. The highest BCUT2D eigenvalue weighted by Crippen LogP contribution is 2.34. The summed E-state index contributed by atoms with van der Waals surface area (Å²) in [5.74, 6) is 0.133. The number of hydrogen-bond donors (Lipinski definition) is 1. The molecular formula is C19H14Cl2N2O5S. The number of rotatable bonds is 7. The predicted molar refractivity (Wildman–Crippen MR) is 111 cm³/mol. The van der Waals surface area contributed by atoms with Crippen LogP contribution in [-0.4, -0.2) is 35.5 Å². The minimum atomic E-state index is -1.16. The molecule has 0 saturated heterocycles. The molecule has 0 atom stereocenters. The monoisotopic (exact) mass is 452 g/mol. The highest BCUT2D eigenvalue weighted by Gasteiger charge is 2.17. The van der Waals surface area contributed by atoms with Crippen molar-refractivity contribution in [2.45, 2.75) is 5.22 Å². The molecule has 0 bridgehead atoms. The molecule has 29 heavy (non-hydrogen) atoms. The Balaban J connectivity index is 1.89. The number of benzene rings is 2. The van der Waals surface area contributed by atoms with Crippen LogP contribution >= 0.6 is 35.0 Å². The highest BCUT2D eigenvalue weighted by atomic mass is 35.5. The van der Waals surface area contributed by atoms with Crippen molar-refractivity contribution in [1.82, 2.24) is 10.2 Å². The molecule has 150 valence electrons. The Morgan fingerprint density at radius 1 is 1.10 bits per heavy atom. The van der Waals surface area contributed by atoms with Gasteiger partial charge in [-0.25, -0.2) is 4.79 Å². The lowest BCUT2D eigenvalue weighted by molar-refractivity contribution is -0.131. The van der Waals surface area contributed by atoms with Gasteiger partial charge in [0.15, 0.2) is 0 Å². The molecule has 10 heteroatoms. The van der Waals surface area contributed by atoms with Gasteiger partial charge in [-0.3, -0.25) is 0 Å². The Labute approximate surface area is 180 Å². The maximum atomic E-state index is 11.6. The van der Waals surface area contributed by atoms with Gasteiger partial charge in [-0.15, -0.1) is 10.2 Å². The third kappa shape index (κ3) is 5.23. The molecule has 0 aliphatic heterocycles. The van der Waals surface area contributed by atoms with Gasteiger partial charge in [-0.1, -0.05) is 29.3 Å². The van der Waals surface area contributed by atoms with Crippen LogP contribution in [0.2, 0.25) is 10.0 Å². The number of carbonyl (C=O) groups is 1. The molecule has 2 aromatic carbocycles. The second-order valence-corrected chi connectivity index (χ2v) is 7.39. The van der Waals surface area contributed by atoms with Crippen molar-refractivity contribution < 1.29 is 23.8 Å². The van der Waals surface area contributed by atoms with E-state index in [9.17, 15) is 9.90 Å². The molecule has 0 saturated carbocycles. The van der Waals surface area contributed by atoms with Crippen molar-refractivity contribution in [2.75, 3.05) is 14.2 Å². The average molecular weight is 453 g/mol.